The molecule has 166 valence electrons. The number of rotatable bonds is 6. The van der Waals surface area contributed by atoms with E-state index in [1.165, 1.54) is 0 Å². The van der Waals surface area contributed by atoms with Gasteiger partial charge >= 0.3 is 5.97 Å². The summed E-state index contributed by atoms with van der Waals surface area (Å²) in [6.45, 7) is 1.47. The summed E-state index contributed by atoms with van der Waals surface area (Å²) in [5.41, 5.74) is 3.56. The molecule has 0 aliphatic rings. The molecule has 0 fully saturated rings. The summed E-state index contributed by atoms with van der Waals surface area (Å²) in [6.07, 6.45) is 0. The van der Waals surface area contributed by atoms with Crippen LogP contribution in [0.15, 0.2) is 71.2 Å². The molecule has 5 nitrogen and oxygen atoms in total. The summed E-state index contributed by atoms with van der Waals surface area (Å²) >= 11 is 9.74. The van der Waals surface area contributed by atoms with E-state index in [0.29, 0.717) is 38.5 Å². The van der Waals surface area contributed by atoms with Crippen LogP contribution in [0, 0.1) is 6.92 Å². The van der Waals surface area contributed by atoms with Crippen molar-refractivity contribution in [2.24, 2.45) is 0 Å². The smallest absolute Gasteiger partial charge is 0.339 e. The molecule has 4 aromatic rings. The zero-order valence-electron chi connectivity index (χ0n) is 17.9. The fraction of sp³-hybridized carbons (Fsp3) is 0.115. The van der Waals surface area contributed by atoms with Crippen molar-refractivity contribution in [1.29, 1.82) is 0 Å². The highest BCUT2D eigenvalue weighted by Crippen LogP contribution is 2.31. The first-order valence-electron chi connectivity index (χ1n) is 10.1. The lowest BCUT2D eigenvalue weighted by Crippen LogP contribution is -2.15. The Morgan fingerprint density at radius 2 is 1.70 bits per heavy atom. The number of esters is 1. The Hall–Kier alpha value is -3.22. The van der Waals surface area contributed by atoms with Crippen molar-refractivity contribution < 1.29 is 19.1 Å². The Balaban J connectivity index is 1.67. The molecule has 33 heavy (non-hydrogen) atoms. The molecule has 0 radical (unpaired) electrons. The van der Waals surface area contributed by atoms with Crippen molar-refractivity contribution in [3.05, 3.63) is 92.9 Å². The van der Waals surface area contributed by atoms with E-state index >= 15 is 0 Å². The van der Waals surface area contributed by atoms with Crippen molar-refractivity contribution in [2.45, 2.75) is 6.92 Å². The van der Waals surface area contributed by atoms with E-state index in [1.807, 2.05) is 31.2 Å². The number of Topliss-reactive ketones (excluding diaryl/α,β-unsaturated/α-hetero) is 1. The van der Waals surface area contributed by atoms with E-state index in [1.54, 1.807) is 49.6 Å². The highest BCUT2D eigenvalue weighted by molar-refractivity contribution is 9.10. The number of hydrogen-bond donors (Lipinski definition) is 0. The van der Waals surface area contributed by atoms with Crippen LogP contribution in [-0.2, 0) is 4.74 Å². The fourth-order valence-corrected chi connectivity index (χ4v) is 3.83. The molecule has 0 unspecified atom stereocenters. The monoisotopic (exact) mass is 523 g/mol. The van der Waals surface area contributed by atoms with Gasteiger partial charge in [0.25, 0.3) is 0 Å². The summed E-state index contributed by atoms with van der Waals surface area (Å²) in [6, 6.07) is 19.4. The van der Waals surface area contributed by atoms with E-state index in [-0.39, 0.29) is 12.4 Å². The van der Waals surface area contributed by atoms with Crippen molar-refractivity contribution in [2.75, 3.05) is 13.7 Å². The van der Waals surface area contributed by atoms with Gasteiger partial charge in [0.2, 0.25) is 0 Å². The molecular weight excluding hydrogens is 506 g/mol. The van der Waals surface area contributed by atoms with Gasteiger partial charge in [0.15, 0.2) is 12.4 Å². The van der Waals surface area contributed by atoms with E-state index in [0.717, 1.165) is 15.6 Å². The summed E-state index contributed by atoms with van der Waals surface area (Å²) in [7, 11) is 1.55. The molecule has 0 saturated carbocycles. The number of benzene rings is 3. The lowest BCUT2D eigenvalue weighted by Gasteiger charge is -2.12. The van der Waals surface area contributed by atoms with E-state index in [4.69, 9.17) is 26.1 Å². The van der Waals surface area contributed by atoms with Crippen LogP contribution in [0.4, 0.5) is 0 Å². The Morgan fingerprint density at radius 3 is 2.36 bits per heavy atom. The Bertz CT molecular complexity index is 1350. The van der Waals surface area contributed by atoms with Crippen molar-refractivity contribution in [3.8, 4) is 17.0 Å². The summed E-state index contributed by atoms with van der Waals surface area (Å²) < 4.78 is 11.4. The molecule has 0 aliphatic heterocycles. The highest BCUT2D eigenvalue weighted by Gasteiger charge is 2.19. The van der Waals surface area contributed by atoms with Crippen molar-refractivity contribution >= 4 is 50.2 Å². The number of hydrogen-bond acceptors (Lipinski definition) is 5. The molecule has 0 amide bonds. The minimum absolute atomic E-state index is 0.309. The molecule has 3 aromatic carbocycles. The third kappa shape index (κ3) is 4.92. The van der Waals surface area contributed by atoms with E-state index in [9.17, 15) is 9.59 Å². The van der Waals surface area contributed by atoms with Gasteiger partial charge in [0.1, 0.15) is 5.75 Å². The Morgan fingerprint density at radius 1 is 1.00 bits per heavy atom. The molecular formula is C26H19BrClNO4. The van der Waals surface area contributed by atoms with Crippen LogP contribution < -0.4 is 4.74 Å². The Kier molecular flexibility index (Phi) is 6.77. The molecule has 4 rings (SSSR count). The maximum Gasteiger partial charge on any atom is 0.339 e. The van der Waals surface area contributed by atoms with Gasteiger partial charge in [-0.05, 0) is 61.0 Å². The molecule has 1 aromatic heterocycles. The van der Waals surface area contributed by atoms with E-state index < -0.39 is 5.97 Å². The molecule has 0 saturated heterocycles. The van der Waals surface area contributed by atoms with Gasteiger partial charge in [-0.15, -0.1) is 0 Å². The Labute approximate surface area is 204 Å². The largest absolute Gasteiger partial charge is 0.497 e. The van der Waals surface area contributed by atoms with Gasteiger partial charge in [0.05, 0.1) is 23.9 Å². The topological polar surface area (TPSA) is 65.5 Å². The van der Waals surface area contributed by atoms with Crippen LogP contribution in [0.2, 0.25) is 5.02 Å². The number of aromatic nitrogens is 1. The SMILES string of the molecule is COc1ccc(C(=O)COC(=O)c2cc(-c3ccc(Br)cc3)nc3c(C)c(Cl)ccc23)cc1. The zero-order valence-corrected chi connectivity index (χ0v) is 20.2. The predicted molar refractivity (Wildman–Crippen MR) is 132 cm³/mol. The number of aryl methyl sites for hydroxylation is 1. The van der Waals surface area contributed by atoms with Crippen LogP contribution in [0.3, 0.4) is 0 Å². The molecule has 0 atom stereocenters. The van der Waals surface area contributed by atoms with Crippen LogP contribution in [0.5, 0.6) is 5.75 Å². The van der Waals surface area contributed by atoms with Gasteiger partial charge < -0.3 is 9.47 Å². The fourth-order valence-electron chi connectivity index (χ4n) is 3.41. The first-order chi connectivity index (χ1) is 15.9. The summed E-state index contributed by atoms with van der Waals surface area (Å²) in [5.74, 6) is -0.276. The molecule has 7 heteroatoms. The van der Waals surface area contributed by atoms with E-state index in [2.05, 4.69) is 15.9 Å². The number of methoxy groups -OCH3 is 1. The number of carbonyl (C=O) groups is 2. The second kappa shape index (κ2) is 9.73. The predicted octanol–water partition coefficient (Wildman–Crippen LogP) is 6.67. The maximum absolute atomic E-state index is 13.1. The van der Waals surface area contributed by atoms with Gasteiger partial charge in [0, 0.05) is 26.0 Å². The number of pyridine rings is 1. The third-order valence-electron chi connectivity index (χ3n) is 5.27. The average molecular weight is 525 g/mol. The van der Waals surface area contributed by atoms with Crippen LogP contribution in [0.1, 0.15) is 26.3 Å². The van der Waals surface area contributed by atoms with Gasteiger partial charge in [-0.3, -0.25) is 4.79 Å². The molecule has 0 spiro atoms. The highest BCUT2D eigenvalue weighted by atomic mass is 79.9. The first kappa shape index (κ1) is 23.0. The number of ketones is 1. The molecule has 0 N–H and O–H groups in total. The first-order valence-corrected chi connectivity index (χ1v) is 11.2. The number of halogens is 2. The number of fused-ring (bicyclic) bond motifs is 1. The average Bonchev–Trinajstić information content (AvgIpc) is 2.84. The van der Waals surface area contributed by atoms with Crippen LogP contribution in [0.25, 0.3) is 22.2 Å². The standard InChI is InChI=1S/C26H19BrClNO4/c1-15-22(28)12-11-20-21(13-23(29-25(15)20)16-3-7-18(27)8-4-16)26(31)33-14-24(30)17-5-9-19(32-2)10-6-17/h3-13H,14H2,1-2H3. The van der Waals surface area contributed by atoms with Gasteiger partial charge in [-0.25, -0.2) is 9.78 Å². The van der Waals surface area contributed by atoms with Crippen LogP contribution in [-0.4, -0.2) is 30.5 Å². The second-order valence-corrected chi connectivity index (χ2v) is 8.68. The summed E-state index contributed by atoms with van der Waals surface area (Å²) in [4.78, 5) is 30.3. The zero-order chi connectivity index (χ0) is 23.5. The van der Waals surface area contributed by atoms with Crippen molar-refractivity contribution in [3.63, 3.8) is 0 Å². The quantitative estimate of drug-likeness (QED) is 0.208. The number of ether oxygens (including phenoxy) is 2. The lowest BCUT2D eigenvalue weighted by molar-refractivity contribution is 0.0476. The normalized spacial score (nSPS) is 10.8. The number of carbonyl (C=O) groups excluding carboxylic acids is 2. The summed E-state index contributed by atoms with van der Waals surface area (Å²) in [5, 5.41) is 1.16. The van der Waals surface area contributed by atoms with Gasteiger partial charge in [-0.2, -0.15) is 0 Å². The molecule has 1 heterocycles. The van der Waals surface area contributed by atoms with Gasteiger partial charge in [-0.1, -0.05) is 45.7 Å². The van der Waals surface area contributed by atoms with Crippen molar-refractivity contribution in [1.82, 2.24) is 4.98 Å². The minimum Gasteiger partial charge on any atom is -0.497 e. The second-order valence-electron chi connectivity index (χ2n) is 7.36. The molecule has 0 aliphatic carbocycles. The minimum atomic E-state index is -0.607. The lowest BCUT2D eigenvalue weighted by atomic mass is 10.0. The number of nitrogens with zero attached hydrogens (tertiary/aromatic N) is 1. The molecule has 0 bridgehead atoms. The third-order valence-corrected chi connectivity index (χ3v) is 6.21. The van der Waals surface area contributed by atoms with Crippen LogP contribution >= 0.6 is 27.5 Å². The maximum atomic E-state index is 13.1.